The third-order valence-corrected chi connectivity index (χ3v) is 2.52. The molecule has 3 N–H and O–H groups in total. The van der Waals surface area contributed by atoms with Gasteiger partial charge in [0.05, 0.1) is 0 Å². The molecule has 0 aromatic heterocycles. The van der Waals surface area contributed by atoms with Crippen LogP contribution in [0.2, 0.25) is 0 Å². The molecule has 4 nitrogen and oxygen atoms in total. The monoisotopic (exact) mass is 250 g/mol. The van der Waals surface area contributed by atoms with E-state index in [1.165, 1.54) is 0 Å². The first-order valence-corrected chi connectivity index (χ1v) is 6.28. The van der Waals surface area contributed by atoms with E-state index >= 15 is 0 Å². The van der Waals surface area contributed by atoms with Crippen LogP contribution in [0.25, 0.3) is 0 Å². The van der Waals surface area contributed by atoms with Gasteiger partial charge in [-0.1, -0.05) is 26.0 Å². The van der Waals surface area contributed by atoms with Gasteiger partial charge >= 0.3 is 0 Å². The average Bonchev–Trinajstić information content (AvgIpc) is 2.34. The summed E-state index contributed by atoms with van der Waals surface area (Å²) in [4.78, 5) is 11.6. The normalized spacial score (nSPS) is 10.7. The Kier molecular flexibility index (Phi) is 6.39. The van der Waals surface area contributed by atoms with Crippen molar-refractivity contribution in [2.75, 3.05) is 18.5 Å². The number of anilines is 1. The van der Waals surface area contributed by atoms with E-state index in [0.29, 0.717) is 19.1 Å². The Morgan fingerprint density at radius 3 is 2.89 bits per heavy atom. The molecule has 100 valence electrons. The number of amides is 1. The fourth-order valence-electron chi connectivity index (χ4n) is 1.46. The van der Waals surface area contributed by atoms with Crippen LogP contribution in [-0.2, 0) is 16.1 Å². The van der Waals surface area contributed by atoms with Crippen LogP contribution >= 0.6 is 0 Å². The number of hydrogen-bond donors (Lipinski definition) is 2. The number of ether oxygens (including phenoxy) is 1. The minimum Gasteiger partial charge on any atom is -0.372 e. The highest BCUT2D eigenvalue weighted by Gasteiger charge is 2.03. The summed E-state index contributed by atoms with van der Waals surface area (Å²) < 4.78 is 5.30. The minimum absolute atomic E-state index is 0.0968. The van der Waals surface area contributed by atoms with Gasteiger partial charge in [-0.3, -0.25) is 4.79 Å². The predicted octanol–water partition coefficient (Wildman–Crippen LogP) is 2.15. The van der Waals surface area contributed by atoms with Crippen molar-refractivity contribution in [1.82, 2.24) is 0 Å². The number of rotatable bonds is 7. The van der Waals surface area contributed by atoms with Crippen LogP contribution in [0.4, 0.5) is 5.69 Å². The number of hydrogen-bond acceptors (Lipinski definition) is 3. The maximum Gasteiger partial charge on any atom is 0.250 e. The molecule has 4 heteroatoms. The second kappa shape index (κ2) is 7.84. The first-order chi connectivity index (χ1) is 8.61. The van der Waals surface area contributed by atoms with E-state index in [1.807, 2.05) is 24.3 Å². The fraction of sp³-hybridized carbons (Fsp3) is 0.500. The summed E-state index contributed by atoms with van der Waals surface area (Å²) in [6.07, 6.45) is 0.968. The van der Waals surface area contributed by atoms with Gasteiger partial charge in [-0.2, -0.15) is 0 Å². The van der Waals surface area contributed by atoms with Crippen LogP contribution in [-0.4, -0.2) is 19.1 Å². The Hall–Kier alpha value is -1.39. The fourth-order valence-corrected chi connectivity index (χ4v) is 1.46. The average molecular weight is 250 g/mol. The van der Waals surface area contributed by atoms with Crippen molar-refractivity contribution in [2.24, 2.45) is 11.7 Å². The molecule has 0 saturated heterocycles. The van der Waals surface area contributed by atoms with Crippen molar-refractivity contribution in [3.8, 4) is 0 Å². The Bertz CT molecular complexity index is 378. The number of carbonyl (C=O) groups excluding carboxylic acids is 1. The zero-order chi connectivity index (χ0) is 13.4. The Labute approximate surface area is 109 Å². The van der Waals surface area contributed by atoms with Crippen molar-refractivity contribution in [2.45, 2.75) is 26.8 Å². The number of carbonyl (C=O) groups is 1. The van der Waals surface area contributed by atoms with Gasteiger partial charge in [0.25, 0.3) is 0 Å². The lowest BCUT2D eigenvalue weighted by atomic mass is 10.1. The van der Waals surface area contributed by atoms with E-state index in [2.05, 4.69) is 19.2 Å². The molecular weight excluding hydrogens is 228 g/mol. The standard InChI is InChI=1S/C14H22N2O2/c1-11(2)6-7-18-10-14(17)16-13-5-3-4-12(8-13)9-15/h3-5,8,11H,6-7,9-10,15H2,1-2H3,(H,16,17). The van der Waals surface area contributed by atoms with Crippen molar-refractivity contribution in [3.05, 3.63) is 29.8 Å². The Balaban J connectivity index is 2.30. The zero-order valence-electron chi connectivity index (χ0n) is 11.1. The van der Waals surface area contributed by atoms with Gasteiger partial charge in [-0.05, 0) is 30.0 Å². The van der Waals surface area contributed by atoms with Gasteiger partial charge in [0.15, 0.2) is 0 Å². The highest BCUT2D eigenvalue weighted by Crippen LogP contribution is 2.09. The molecule has 0 aliphatic carbocycles. The molecule has 0 bridgehead atoms. The maximum absolute atomic E-state index is 11.6. The highest BCUT2D eigenvalue weighted by molar-refractivity contribution is 5.91. The van der Waals surface area contributed by atoms with Crippen LogP contribution in [0.3, 0.4) is 0 Å². The smallest absolute Gasteiger partial charge is 0.250 e. The maximum atomic E-state index is 11.6. The third-order valence-electron chi connectivity index (χ3n) is 2.52. The van der Waals surface area contributed by atoms with Gasteiger partial charge in [0, 0.05) is 18.8 Å². The summed E-state index contributed by atoms with van der Waals surface area (Å²) in [7, 11) is 0. The molecule has 0 spiro atoms. The summed E-state index contributed by atoms with van der Waals surface area (Å²) in [6.45, 7) is 5.44. The quantitative estimate of drug-likeness (QED) is 0.729. The molecular formula is C14H22N2O2. The predicted molar refractivity (Wildman–Crippen MR) is 73.2 cm³/mol. The lowest BCUT2D eigenvalue weighted by Gasteiger charge is -2.08. The molecule has 0 heterocycles. The van der Waals surface area contributed by atoms with Crippen molar-refractivity contribution in [1.29, 1.82) is 0 Å². The number of nitrogens with two attached hydrogens (primary N) is 1. The molecule has 18 heavy (non-hydrogen) atoms. The summed E-state index contributed by atoms with van der Waals surface area (Å²) in [5.41, 5.74) is 7.29. The van der Waals surface area contributed by atoms with E-state index < -0.39 is 0 Å². The summed E-state index contributed by atoms with van der Waals surface area (Å²) in [5, 5.41) is 2.79. The van der Waals surface area contributed by atoms with Crippen LogP contribution in [0.5, 0.6) is 0 Å². The largest absolute Gasteiger partial charge is 0.372 e. The van der Waals surface area contributed by atoms with E-state index in [1.54, 1.807) is 0 Å². The van der Waals surface area contributed by atoms with Crippen molar-refractivity contribution in [3.63, 3.8) is 0 Å². The second-order valence-corrected chi connectivity index (χ2v) is 4.69. The summed E-state index contributed by atoms with van der Waals surface area (Å²) >= 11 is 0. The molecule has 0 aliphatic heterocycles. The SMILES string of the molecule is CC(C)CCOCC(=O)Nc1cccc(CN)c1. The summed E-state index contributed by atoms with van der Waals surface area (Å²) in [6, 6.07) is 7.50. The van der Waals surface area contributed by atoms with E-state index in [4.69, 9.17) is 10.5 Å². The second-order valence-electron chi connectivity index (χ2n) is 4.69. The van der Waals surface area contributed by atoms with Crippen molar-refractivity contribution >= 4 is 11.6 Å². The van der Waals surface area contributed by atoms with Crippen LogP contribution in [0.15, 0.2) is 24.3 Å². The molecule has 1 amide bonds. The molecule has 0 unspecified atom stereocenters. The first-order valence-electron chi connectivity index (χ1n) is 6.28. The van der Waals surface area contributed by atoms with Gasteiger partial charge in [-0.15, -0.1) is 0 Å². The zero-order valence-corrected chi connectivity index (χ0v) is 11.1. The molecule has 1 aromatic carbocycles. The molecule has 1 aromatic rings. The third kappa shape index (κ3) is 5.80. The molecule has 0 radical (unpaired) electrons. The molecule has 0 saturated carbocycles. The van der Waals surface area contributed by atoms with Crippen LogP contribution < -0.4 is 11.1 Å². The molecule has 1 rings (SSSR count). The lowest BCUT2D eigenvalue weighted by molar-refractivity contribution is -0.120. The van der Waals surface area contributed by atoms with Crippen LogP contribution in [0.1, 0.15) is 25.8 Å². The van der Waals surface area contributed by atoms with Gasteiger partial charge < -0.3 is 15.8 Å². The van der Waals surface area contributed by atoms with E-state index in [9.17, 15) is 4.79 Å². The highest BCUT2D eigenvalue weighted by atomic mass is 16.5. The van der Waals surface area contributed by atoms with E-state index in [-0.39, 0.29) is 12.5 Å². The minimum atomic E-state index is -0.132. The first kappa shape index (κ1) is 14.7. The molecule has 0 fully saturated rings. The van der Waals surface area contributed by atoms with Crippen LogP contribution in [0, 0.1) is 5.92 Å². The Morgan fingerprint density at radius 1 is 1.44 bits per heavy atom. The molecule has 0 aliphatic rings. The number of nitrogens with one attached hydrogen (secondary N) is 1. The van der Waals surface area contributed by atoms with Gasteiger partial charge in [0.1, 0.15) is 6.61 Å². The lowest BCUT2D eigenvalue weighted by Crippen LogP contribution is -2.19. The number of benzene rings is 1. The molecule has 0 atom stereocenters. The van der Waals surface area contributed by atoms with E-state index in [0.717, 1.165) is 17.7 Å². The Morgan fingerprint density at radius 2 is 2.22 bits per heavy atom. The van der Waals surface area contributed by atoms with Crippen molar-refractivity contribution < 1.29 is 9.53 Å². The van der Waals surface area contributed by atoms with Gasteiger partial charge in [-0.25, -0.2) is 0 Å². The topological polar surface area (TPSA) is 64.3 Å². The van der Waals surface area contributed by atoms with Gasteiger partial charge in [0.2, 0.25) is 5.91 Å². The summed E-state index contributed by atoms with van der Waals surface area (Å²) in [5.74, 6) is 0.460.